The molecule has 98 valence electrons. The van der Waals surface area contributed by atoms with Gasteiger partial charge in [0.2, 0.25) is 0 Å². The number of nitrogens with zero attached hydrogens (tertiary/aromatic N) is 1. The zero-order chi connectivity index (χ0) is 13.0. The molecule has 0 aliphatic carbocycles. The van der Waals surface area contributed by atoms with Crippen molar-refractivity contribution in [2.45, 2.75) is 25.4 Å². The van der Waals surface area contributed by atoms with Crippen molar-refractivity contribution < 1.29 is 9.18 Å². The first-order valence-corrected chi connectivity index (χ1v) is 6.18. The van der Waals surface area contributed by atoms with Gasteiger partial charge in [-0.2, -0.15) is 0 Å². The number of halogens is 1. The van der Waals surface area contributed by atoms with Crippen molar-refractivity contribution in [2.75, 3.05) is 13.1 Å². The summed E-state index contributed by atoms with van der Waals surface area (Å²) in [5.74, 6) is -0.272. The Morgan fingerprint density at radius 2 is 1.94 bits per heavy atom. The Balaban J connectivity index is 2.05. The Kier molecular flexibility index (Phi) is 4.15. The Morgan fingerprint density at radius 3 is 2.50 bits per heavy atom. The number of rotatable bonds is 3. The topological polar surface area (TPSA) is 58.4 Å². The molecule has 0 bridgehead atoms. The molecular weight excluding hydrogens is 233 g/mol. The van der Waals surface area contributed by atoms with Gasteiger partial charge in [0.25, 0.3) is 0 Å². The van der Waals surface area contributed by atoms with E-state index in [1.807, 2.05) is 0 Å². The number of hydrogen-bond acceptors (Lipinski definition) is 2. The fraction of sp³-hybridized carbons (Fsp3) is 0.462. The second-order valence-electron chi connectivity index (χ2n) is 4.57. The molecule has 0 spiro atoms. The van der Waals surface area contributed by atoms with E-state index >= 15 is 0 Å². The van der Waals surface area contributed by atoms with Crippen LogP contribution in [0.1, 0.15) is 18.4 Å². The highest BCUT2D eigenvalue weighted by atomic mass is 19.1. The lowest BCUT2D eigenvalue weighted by Gasteiger charge is -2.33. The number of hydrogen-bond donors (Lipinski definition) is 2. The summed E-state index contributed by atoms with van der Waals surface area (Å²) in [6.07, 6.45) is 1.81. The molecule has 1 aromatic rings. The minimum absolute atomic E-state index is 0.175. The minimum Gasteiger partial charge on any atom is -0.351 e. The highest BCUT2D eigenvalue weighted by Gasteiger charge is 2.23. The third-order valence-corrected chi connectivity index (χ3v) is 3.30. The average Bonchev–Trinajstić information content (AvgIpc) is 2.38. The summed E-state index contributed by atoms with van der Waals surface area (Å²) in [4.78, 5) is 13.2. The maximum atomic E-state index is 12.8. The van der Waals surface area contributed by atoms with E-state index in [1.54, 1.807) is 17.0 Å². The van der Waals surface area contributed by atoms with E-state index in [4.69, 9.17) is 5.73 Å². The monoisotopic (exact) mass is 251 g/mol. The summed E-state index contributed by atoms with van der Waals surface area (Å²) >= 11 is 0. The van der Waals surface area contributed by atoms with Crippen molar-refractivity contribution in [2.24, 2.45) is 5.73 Å². The van der Waals surface area contributed by atoms with E-state index in [2.05, 4.69) is 5.32 Å². The predicted octanol–water partition coefficient (Wildman–Crippen LogP) is 1.46. The van der Waals surface area contributed by atoms with Crippen molar-refractivity contribution >= 4 is 6.03 Å². The number of piperidine rings is 1. The molecular formula is C13H18FN3O. The van der Waals surface area contributed by atoms with Gasteiger partial charge in [-0.15, -0.1) is 0 Å². The van der Waals surface area contributed by atoms with Crippen LogP contribution in [0.3, 0.4) is 0 Å². The molecule has 0 aromatic heterocycles. The highest BCUT2D eigenvalue weighted by Crippen LogP contribution is 2.15. The van der Waals surface area contributed by atoms with E-state index in [1.165, 1.54) is 12.1 Å². The van der Waals surface area contributed by atoms with Gasteiger partial charge in [-0.3, -0.25) is 0 Å². The van der Waals surface area contributed by atoms with Crippen LogP contribution in [0.2, 0.25) is 0 Å². The van der Waals surface area contributed by atoms with E-state index in [9.17, 15) is 9.18 Å². The minimum atomic E-state index is -0.411. The first-order chi connectivity index (χ1) is 8.66. The Bertz CT molecular complexity index is 401. The number of benzene rings is 1. The molecule has 1 aliphatic heterocycles. The van der Waals surface area contributed by atoms with Gasteiger partial charge in [-0.25, -0.2) is 9.18 Å². The smallest absolute Gasteiger partial charge is 0.315 e. The molecule has 18 heavy (non-hydrogen) atoms. The third-order valence-electron chi connectivity index (χ3n) is 3.30. The van der Waals surface area contributed by atoms with Crippen molar-refractivity contribution in [1.82, 2.24) is 10.2 Å². The van der Waals surface area contributed by atoms with E-state index in [0.717, 1.165) is 31.5 Å². The van der Waals surface area contributed by atoms with Gasteiger partial charge in [0.05, 0.1) is 0 Å². The second kappa shape index (κ2) is 5.82. The number of carbonyl (C=O) groups excluding carboxylic acids is 1. The number of nitrogens with two attached hydrogens (primary N) is 1. The second-order valence-corrected chi connectivity index (χ2v) is 4.57. The van der Waals surface area contributed by atoms with Gasteiger partial charge in [0.15, 0.2) is 0 Å². The fourth-order valence-corrected chi connectivity index (χ4v) is 2.29. The Labute approximate surface area is 106 Å². The van der Waals surface area contributed by atoms with Crippen molar-refractivity contribution in [1.29, 1.82) is 0 Å². The first kappa shape index (κ1) is 12.8. The fourth-order valence-electron chi connectivity index (χ4n) is 2.29. The van der Waals surface area contributed by atoms with Crippen LogP contribution in [0.4, 0.5) is 9.18 Å². The van der Waals surface area contributed by atoms with Crippen molar-refractivity contribution in [3.63, 3.8) is 0 Å². The normalized spacial score (nSPS) is 16.5. The van der Waals surface area contributed by atoms with E-state index in [-0.39, 0.29) is 11.9 Å². The first-order valence-electron chi connectivity index (χ1n) is 6.18. The number of nitrogens with one attached hydrogen (secondary N) is 1. The van der Waals surface area contributed by atoms with Crippen molar-refractivity contribution in [3.8, 4) is 0 Å². The van der Waals surface area contributed by atoms with Gasteiger partial charge in [0.1, 0.15) is 5.82 Å². The molecule has 4 nitrogen and oxygen atoms in total. The van der Waals surface area contributed by atoms with Crippen LogP contribution in [0.25, 0.3) is 0 Å². The summed E-state index contributed by atoms with van der Waals surface area (Å²) < 4.78 is 12.8. The molecule has 1 heterocycles. The standard InChI is InChI=1S/C13H18FN3O/c14-11-3-1-10(2-4-11)9-17(13(15)18)12-5-7-16-8-6-12/h1-4,12,16H,5-9H2,(H2,15,18). The quantitative estimate of drug-likeness (QED) is 0.854. The van der Waals surface area contributed by atoms with Gasteiger partial charge in [0, 0.05) is 12.6 Å². The Hall–Kier alpha value is -1.62. The van der Waals surface area contributed by atoms with Crippen LogP contribution in [0, 0.1) is 5.82 Å². The lowest BCUT2D eigenvalue weighted by Crippen LogP contribution is -2.47. The van der Waals surface area contributed by atoms with Crippen LogP contribution < -0.4 is 11.1 Å². The van der Waals surface area contributed by atoms with Crippen LogP contribution in [0.5, 0.6) is 0 Å². The molecule has 0 atom stereocenters. The number of primary amides is 1. The molecule has 2 amide bonds. The molecule has 0 saturated carbocycles. The number of urea groups is 1. The summed E-state index contributed by atoms with van der Waals surface area (Å²) in [6.45, 7) is 2.25. The molecule has 1 saturated heterocycles. The molecule has 3 N–H and O–H groups in total. The zero-order valence-electron chi connectivity index (χ0n) is 10.2. The predicted molar refractivity (Wildman–Crippen MR) is 67.4 cm³/mol. The molecule has 1 fully saturated rings. The largest absolute Gasteiger partial charge is 0.351 e. The molecule has 0 radical (unpaired) electrons. The molecule has 5 heteroatoms. The van der Waals surface area contributed by atoms with Gasteiger partial charge < -0.3 is 16.0 Å². The SMILES string of the molecule is NC(=O)N(Cc1ccc(F)cc1)C1CCNCC1. The maximum Gasteiger partial charge on any atom is 0.315 e. The van der Waals surface area contributed by atoms with Crippen LogP contribution in [-0.4, -0.2) is 30.1 Å². The van der Waals surface area contributed by atoms with Crippen LogP contribution in [-0.2, 0) is 6.54 Å². The van der Waals surface area contributed by atoms with E-state index < -0.39 is 6.03 Å². The van der Waals surface area contributed by atoms with Crippen molar-refractivity contribution in [3.05, 3.63) is 35.6 Å². The van der Waals surface area contributed by atoms with Crippen LogP contribution in [0.15, 0.2) is 24.3 Å². The summed E-state index contributed by atoms with van der Waals surface area (Å²) in [5, 5.41) is 3.25. The Morgan fingerprint density at radius 1 is 1.33 bits per heavy atom. The van der Waals surface area contributed by atoms with Gasteiger partial charge >= 0.3 is 6.03 Å². The number of amides is 2. The molecule has 0 unspecified atom stereocenters. The maximum absolute atomic E-state index is 12.8. The highest BCUT2D eigenvalue weighted by molar-refractivity contribution is 5.72. The van der Waals surface area contributed by atoms with Crippen LogP contribution >= 0.6 is 0 Å². The molecule has 2 rings (SSSR count). The number of carbonyl (C=O) groups is 1. The summed E-state index contributed by atoms with van der Waals surface area (Å²) in [7, 11) is 0. The zero-order valence-corrected chi connectivity index (χ0v) is 10.2. The van der Waals surface area contributed by atoms with Gasteiger partial charge in [-0.05, 0) is 43.6 Å². The van der Waals surface area contributed by atoms with Gasteiger partial charge in [-0.1, -0.05) is 12.1 Å². The molecule has 1 aliphatic rings. The van der Waals surface area contributed by atoms with E-state index in [0.29, 0.717) is 6.54 Å². The lowest BCUT2D eigenvalue weighted by atomic mass is 10.0. The summed E-state index contributed by atoms with van der Waals surface area (Å²) in [5.41, 5.74) is 6.33. The molecule has 1 aromatic carbocycles. The third kappa shape index (κ3) is 3.20. The lowest BCUT2D eigenvalue weighted by molar-refractivity contribution is 0.163. The summed E-state index contributed by atoms with van der Waals surface area (Å²) in [6, 6.07) is 5.94. The average molecular weight is 251 g/mol.